The molecule has 1 fully saturated rings. The summed E-state index contributed by atoms with van der Waals surface area (Å²) in [6.45, 7) is 4.66. The van der Waals surface area contributed by atoms with Gasteiger partial charge in [-0.05, 0) is 37.5 Å². The molecular weight excluding hydrogens is 226 g/mol. The summed E-state index contributed by atoms with van der Waals surface area (Å²) < 4.78 is 4.90. The predicted molar refractivity (Wildman–Crippen MR) is 74.2 cm³/mol. The average Bonchev–Trinajstić information content (AvgIpc) is 2.34. The van der Waals surface area contributed by atoms with Crippen LogP contribution < -0.4 is 5.73 Å². The van der Waals surface area contributed by atoms with Gasteiger partial charge in [0.25, 0.3) is 0 Å². The second-order valence-electron chi connectivity index (χ2n) is 6.52. The highest BCUT2D eigenvalue weighted by atomic mass is 16.5. The van der Waals surface area contributed by atoms with E-state index in [9.17, 15) is 4.79 Å². The predicted octanol–water partition coefficient (Wildman–Crippen LogP) is 3.26. The lowest BCUT2D eigenvalue weighted by Gasteiger charge is -2.24. The minimum absolute atomic E-state index is 0.00102. The molecular formula is C15H29NO2. The number of hydrogen-bond acceptors (Lipinski definition) is 3. The van der Waals surface area contributed by atoms with Crippen molar-refractivity contribution in [3.05, 3.63) is 0 Å². The van der Waals surface area contributed by atoms with E-state index in [1.165, 1.54) is 32.8 Å². The molecule has 0 aliphatic heterocycles. The van der Waals surface area contributed by atoms with Crippen molar-refractivity contribution in [2.75, 3.05) is 7.11 Å². The maximum absolute atomic E-state index is 11.7. The van der Waals surface area contributed by atoms with Crippen LogP contribution in [0.3, 0.4) is 0 Å². The molecule has 0 spiro atoms. The van der Waals surface area contributed by atoms with Gasteiger partial charge in [0.1, 0.15) is 0 Å². The summed E-state index contributed by atoms with van der Waals surface area (Å²) in [6, 6.07) is 0.148. The first-order valence-corrected chi connectivity index (χ1v) is 7.28. The SMILES string of the molecule is COC(=O)C1CCCC(C)(C)CCCCC(N)C1. The molecule has 0 heterocycles. The van der Waals surface area contributed by atoms with E-state index in [-0.39, 0.29) is 17.9 Å². The van der Waals surface area contributed by atoms with Gasteiger partial charge >= 0.3 is 5.97 Å². The van der Waals surface area contributed by atoms with Gasteiger partial charge in [-0.1, -0.05) is 33.1 Å². The van der Waals surface area contributed by atoms with Gasteiger partial charge in [0, 0.05) is 6.04 Å². The zero-order valence-electron chi connectivity index (χ0n) is 12.2. The van der Waals surface area contributed by atoms with E-state index >= 15 is 0 Å². The standard InChI is InChI=1S/C15H29NO2/c1-15(2)9-5-4-8-13(16)11-12(7-6-10-15)14(17)18-3/h12-13H,4-11,16H2,1-3H3. The van der Waals surface area contributed by atoms with Crippen LogP contribution in [0.25, 0.3) is 0 Å². The summed E-state index contributed by atoms with van der Waals surface area (Å²) in [5, 5.41) is 0. The van der Waals surface area contributed by atoms with Crippen LogP contribution in [0, 0.1) is 11.3 Å². The second-order valence-corrected chi connectivity index (χ2v) is 6.52. The molecule has 1 saturated carbocycles. The molecule has 106 valence electrons. The molecule has 1 aliphatic carbocycles. The van der Waals surface area contributed by atoms with E-state index in [1.807, 2.05) is 0 Å². The smallest absolute Gasteiger partial charge is 0.308 e. The van der Waals surface area contributed by atoms with Gasteiger partial charge in [-0.25, -0.2) is 0 Å². The van der Waals surface area contributed by atoms with Gasteiger partial charge < -0.3 is 10.5 Å². The van der Waals surface area contributed by atoms with Crippen LogP contribution in [-0.4, -0.2) is 19.1 Å². The van der Waals surface area contributed by atoms with Crippen LogP contribution in [0.4, 0.5) is 0 Å². The number of methoxy groups -OCH3 is 1. The van der Waals surface area contributed by atoms with Crippen molar-refractivity contribution in [3.63, 3.8) is 0 Å². The lowest BCUT2D eigenvalue weighted by molar-refractivity contribution is -0.146. The number of ether oxygens (including phenoxy) is 1. The van der Waals surface area contributed by atoms with Crippen molar-refractivity contribution in [1.82, 2.24) is 0 Å². The van der Waals surface area contributed by atoms with Crippen molar-refractivity contribution in [3.8, 4) is 0 Å². The Morgan fingerprint density at radius 2 is 1.83 bits per heavy atom. The molecule has 0 saturated heterocycles. The Bertz CT molecular complexity index is 263. The Balaban J connectivity index is 2.62. The number of esters is 1. The lowest BCUT2D eigenvalue weighted by Crippen LogP contribution is -2.28. The zero-order chi connectivity index (χ0) is 13.6. The van der Waals surface area contributed by atoms with Crippen molar-refractivity contribution >= 4 is 5.97 Å². The highest BCUT2D eigenvalue weighted by molar-refractivity contribution is 5.72. The molecule has 1 aliphatic rings. The van der Waals surface area contributed by atoms with E-state index in [2.05, 4.69) is 13.8 Å². The fraction of sp³-hybridized carbons (Fsp3) is 0.933. The van der Waals surface area contributed by atoms with Gasteiger partial charge in [-0.2, -0.15) is 0 Å². The largest absolute Gasteiger partial charge is 0.469 e. The summed E-state index contributed by atoms with van der Waals surface area (Å²) in [5.41, 5.74) is 6.52. The summed E-state index contributed by atoms with van der Waals surface area (Å²) >= 11 is 0. The molecule has 2 atom stereocenters. The average molecular weight is 255 g/mol. The van der Waals surface area contributed by atoms with Gasteiger partial charge in [0.05, 0.1) is 13.0 Å². The number of carbonyl (C=O) groups excluding carboxylic acids is 1. The van der Waals surface area contributed by atoms with Crippen LogP contribution in [0.2, 0.25) is 0 Å². The van der Waals surface area contributed by atoms with Crippen LogP contribution in [0.5, 0.6) is 0 Å². The maximum atomic E-state index is 11.7. The van der Waals surface area contributed by atoms with Crippen LogP contribution in [-0.2, 0) is 9.53 Å². The molecule has 1 rings (SSSR count). The van der Waals surface area contributed by atoms with E-state index < -0.39 is 0 Å². The molecule has 0 bridgehead atoms. The Labute approximate surface area is 111 Å². The Morgan fingerprint density at radius 3 is 2.50 bits per heavy atom. The Hall–Kier alpha value is -0.570. The van der Waals surface area contributed by atoms with E-state index in [0.717, 1.165) is 25.7 Å². The molecule has 0 aromatic heterocycles. The third-order valence-corrected chi connectivity index (χ3v) is 4.21. The zero-order valence-corrected chi connectivity index (χ0v) is 12.2. The van der Waals surface area contributed by atoms with E-state index in [4.69, 9.17) is 10.5 Å². The third-order valence-electron chi connectivity index (χ3n) is 4.21. The van der Waals surface area contributed by atoms with E-state index in [0.29, 0.717) is 5.41 Å². The Morgan fingerprint density at radius 1 is 1.17 bits per heavy atom. The van der Waals surface area contributed by atoms with Crippen molar-refractivity contribution in [2.24, 2.45) is 17.1 Å². The first kappa shape index (κ1) is 15.5. The van der Waals surface area contributed by atoms with Crippen LogP contribution in [0.1, 0.15) is 65.2 Å². The summed E-state index contributed by atoms with van der Waals surface area (Å²) in [5.74, 6) is -0.0820. The maximum Gasteiger partial charge on any atom is 0.308 e. The quantitative estimate of drug-likeness (QED) is 0.732. The van der Waals surface area contributed by atoms with Gasteiger partial charge in [0.15, 0.2) is 0 Å². The molecule has 0 amide bonds. The summed E-state index contributed by atoms with van der Waals surface area (Å²) in [7, 11) is 1.48. The third kappa shape index (κ3) is 5.38. The van der Waals surface area contributed by atoms with Gasteiger partial charge in [0.2, 0.25) is 0 Å². The minimum Gasteiger partial charge on any atom is -0.469 e. The summed E-state index contributed by atoms with van der Waals surface area (Å²) in [4.78, 5) is 11.7. The molecule has 0 aromatic rings. The number of rotatable bonds is 1. The fourth-order valence-electron chi connectivity index (χ4n) is 2.94. The number of carbonyl (C=O) groups is 1. The fourth-order valence-corrected chi connectivity index (χ4v) is 2.94. The topological polar surface area (TPSA) is 52.3 Å². The molecule has 0 aromatic carbocycles. The first-order chi connectivity index (χ1) is 8.44. The van der Waals surface area contributed by atoms with Crippen LogP contribution >= 0.6 is 0 Å². The highest BCUT2D eigenvalue weighted by Crippen LogP contribution is 2.32. The van der Waals surface area contributed by atoms with Crippen molar-refractivity contribution in [1.29, 1.82) is 0 Å². The second kappa shape index (κ2) is 7.13. The van der Waals surface area contributed by atoms with Gasteiger partial charge in [-0.15, -0.1) is 0 Å². The number of nitrogens with two attached hydrogens (primary N) is 1. The van der Waals surface area contributed by atoms with Crippen molar-refractivity contribution < 1.29 is 9.53 Å². The number of hydrogen-bond donors (Lipinski definition) is 1. The van der Waals surface area contributed by atoms with Crippen molar-refractivity contribution in [2.45, 2.75) is 71.3 Å². The first-order valence-electron chi connectivity index (χ1n) is 7.28. The molecule has 2 N–H and O–H groups in total. The highest BCUT2D eigenvalue weighted by Gasteiger charge is 2.25. The Kier molecular flexibility index (Phi) is 6.13. The molecule has 2 unspecified atom stereocenters. The van der Waals surface area contributed by atoms with E-state index in [1.54, 1.807) is 0 Å². The molecule has 3 heteroatoms. The minimum atomic E-state index is -0.0810. The normalized spacial score (nSPS) is 30.2. The monoisotopic (exact) mass is 255 g/mol. The van der Waals surface area contributed by atoms with Crippen LogP contribution in [0.15, 0.2) is 0 Å². The molecule has 3 nitrogen and oxygen atoms in total. The summed E-state index contributed by atoms with van der Waals surface area (Å²) in [6.07, 6.45) is 8.72. The molecule has 0 radical (unpaired) electrons. The lowest BCUT2D eigenvalue weighted by atomic mass is 9.81. The van der Waals surface area contributed by atoms with Gasteiger partial charge in [-0.3, -0.25) is 4.79 Å². The molecule has 18 heavy (non-hydrogen) atoms.